The van der Waals surface area contributed by atoms with Gasteiger partial charge >= 0.3 is 5.97 Å². The van der Waals surface area contributed by atoms with Crippen molar-refractivity contribution in [3.8, 4) is 0 Å². The van der Waals surface area contributed by atoms with Crippen molar-refractivity contribution in [3.05, 3.63) is 16.0 Å². The molecule has 0 saturated carbocycles. The van der Waals surface area contributed by atoms with Crippen molar-refractivity contribution in [3.63, 3.8) is 0 Å². The lowest BCUT2D eigenvalue weighted by Crippen LogP contribution is -2.61. The average molecular weight is 372 g/mol. The minimum atomic E-state index is -0.227. The Kier molecular flexibility index (Phi) is 5.21. The Morgan fingerprint density at radius 3 is 2.82 bits per heavy atom. The van der Waals surface area contributed by atoms with E-state index in [1.165, 1.54) is 0 Å². The van der Waals surface area contributed by atoms with E-state index in [1.54, 1.807) is 6.20 Å². The van der Waals surface area contributed by atoms with Crippen LogP contribution in [0.1, 0.15) is 13.3 Å². The van der Waals surface area contributed by atoms with Gasteiger partial charge in [0.2, 0.25) is 0 Å². The number of carbonyl (C=O) groups excluding carboxylic acids is 1. The van der Waals surface area contributed by atoms with E-state index in [2.05, 4.69) is 33.0 Å². The number of carbonyl (C=O) groups is 1. The molecule has 1 fully saturated rings. The number of aromatic nitrogens is 2. The Balaban J connectivity index is 0.00000144. The highest BCUT2D eigenvalue weighted by atomic mass is 127. The molecular formula is C10H15ClIN3O2. The summed E-state index contributed by atoms with van der Waals surface area (Å²) in [6, 6.07) is 0. The molecule has 0 spiro atoms. The third-order valence-corrected chi connectivity index (χ3v) is 3.28. The van der Waals surface area contributed by atoms with Crippen molar-refractivity contribution in [2.45, 2.75) is 18.9 Å². The second kappa shape index (κ2) is 6.01. The standard InChI is InChI=1S/C10H14IN3O2.ClH/c1-2-16-9(15)3-10(6-12-7-10)14-5-8(11)4-13-14;/h4-5,12H,2-3,6-7H2,1H3;1H. The van der Waals surface area contributed by atoms with Crippen molar-refractivity contribution in [1.29, 1.82) is 0 Å². The molecular weight excluding hydrogens is 356 g/mol. The number of nitrogens with zero attached hydrogens (tertiary/aromatic N) is 2. The maximum atomic E-state index is 11.5. The van der Waals surface area contributed by atoms with E-state index in [0.717, 1.165) is 16.7 Å². The van der Waals surface area contributed by atoms with Crippen LogP contribution >= 0.6 is 35.0 Å². The molecule has 1 aromatic rings. The van der Waals surface area contributed by atoms with Gasteiger partial charge in [-0.2, -0.15) is 5.10 Å². The van der Waals surface area contributed by atoms with Gasteiger partial charge in [-0.3, -0.25) is 9.48 Å². The van der Waals surface area contributed by atoms with Crippen LogP contribution in [0.15, 0.2) is 12.4 Å². The summed E-state index contributed by atoms with van der Waals surface area (Å²) in [6.45, 7) is 3.78. The first kappa shape index (κ1) is 14.7. The minimum absolute atomic E-state index is 0. The van der Waals surface area contributed by atoms with Gasteiger partial charge in [-0.15, -0.1) is 12.4 Å². The molecule has 0 unspecified atom stereocenters. The van der Waals surface area contributed by atoms with Crippen LogP contribution in [0.5, 0.6) is 0 Å². The van der Waals surface area contributed by atoms with Gasteiger partial charge in [-0.05, 0) is 29.5 Å². The quantitative estimate of drug-likeness (QED) is 0.637. The normalized spacial score (nSPS) is 16.8. The molecule has 0 aliphatic carbocycles. The number of hydrogen-bond donors (Lipinski definition) is 1. The molecule has 1 N–H and O–H groups in total. The number of rotatable bonds is 4. The van der Waals surface area contributed by atoms with Crippen LogP contribution in [0.4, 0.5) is 0 Å². The zero-order chi connectivity index (χ0) is 11.6. The van der Waals surface area contributed by atoms with Crippen molar-refractivity contribution in [2.75, 3.05) is 19.7 Å². The van der Waals surface area contributed by atoms with Crippen molar-refractivity contribution >= 4 is 41.0 Å². The Morgan fingerprint density at radius 1 is 1.71 bits per heavy atom. The van der Waals surface area contributed by atoms with E-state index in [9.17, 15) is 4.79 Å². The van der Waals surface area contributed by atoms with E-state index >= 15 is 0 Å². The molecule has 7 heteroatoms. The fraction of sp³-hybridized carbons (Fsp3) is 0.600. The number of ether oxygens (including phenoxy) is 1. The summed E-state index contributed by atoms with van der Waals surface area (Å²) in [7, 11) is 0. The van der Waals surface area contributed by atoms with Gasteiger partial charge in [0.15, 0.2) is 0 Å². The minimum Gasteiger partial charge on any atom is -0.466 e. The molecule has 1 aromatic heterocycles. The molecule has 96 valence electrons. The summed E-state index contributed by atoms with van der Waals surface area (Å²) >= 11 is 2.21. The lowest BCUT2D eigenvalue weighted by Gasteiger charge is -2.42. The topological polar surface area (TPSA) is 56.2 Å². The lowest BCUT2D eigenvalue weighted by molar-refractivity contribution is -0.146. The monoisotopic (exact) mass is 371 g/mol. The van der Waals surface area contributed by atoms with Crippen molar-refractivity contribution < 1.29 is 9.53 Å². The van der Waals surface area contributed by atoms with E-state index in [-0.39, 0.29) is 23.9 Å². The fourth-order valence-corrected chi connectivity index (χ4v) is 2.21. The highest BCUT2D eigenvalue weighted by Crippen LogP contribution is 2.26. The maximum Gasteiger partial charge on any atom is 0.308 e. The molecule has 5 nitrogen and oxygen atoms in total. The van der Waals surface area contributed by atoms with Crippen LogP contribution in [0, 0.1) is 3.57 Å². The van der Waals surface area contributed by atoms with E-state index < -0.39 is 0 Å². The predicted octanol–water partition coefficient (Wildman–Crippen LogP) is 1.16. The van der Waals surface area contributed by atoms with E-state index in [1.807, 2.05) is 17.8 Å². The van der Waals surface area contributed by atoms with Crippen molar-refractivity contribution in [2.24, 2.45) is 0 Å². The summed E-state index contributed by atoms with van der Waals surface area (Å²) in [5.41, 5.74) is -0.227. The first-order valence-corrected chi connectivity index (χ1v) is 6.31. The number of esters is 1. The zero-order valence-corrected chi connectivity index (χ0v) is 12.5. The van der Waals surface area contributed by atoms with Crippen LogP contribution in [0.3, 0.4) is 0 Å². The molecule has 0 amide bonds. The molecule has 1 aliphatic rings. The summed E-state index contributed by atoms with van der Waals surface area (Å²) in [4.78, 5) is 11.5. The number of hydrogen-bond acceptors (Lipinski definition) is 4. The van der Waals surface area contributed by atoms with Crippen molar-refractivity contribution in [1.82, 2.24) is 15.1 Å². The van der Waals surface area contributed by atoms with Gasteiger partial charge in [0.1, 0.15) is 0 Å². The van der Waals surface area contributed by atoms with E-state index in [0.29, 0.717) is 13.0 Å². The average Bonchev–Trinajstić information content (AvgIpc) is 2.59. The second-order valence-corrected chi connectivity index (χ2v) is 5.16. The molecule has 2 rings (SSSR count). The first-order valence-electron chi connectivity index (χ1n) is 5.23. The van der Waals surface area contributed by atoms with Gasteiger partial charge in [-0.1, -0.05) is 0 Å². The van der Waals surface area contributed by atoms with Crippen LogP contribution in [0.25, 0.3) is 0 Å². The first-order chi connectivity index (χ1) is 7.66. The third kappa shape index (κ3) is 3.11. The number of nitrogens with one attached hydrogen (secondary N) is 1. The Bertz CT molecular complexity index is 393. The number of halogens is 2. The van der Waals surface area contributed by atoms with Gasteiger partial charge in [0.05, 0.1) is 28.3 Å². The molecule has 0 radical (unpaired) electrons. The Hall–Kier alpha value is -0.340. The zero-order valence-electron chi connectivity index (χ0n) is 9.48. The lowest BCUT2D eigenvalue weighted by atomic mass is 9.89. The molecule has 17 heavy (non-hydrogen) atoms. The fourth-order valence-electron chi connectivity index (χ4n) is 1.82. The SMILES string of the molecule is CCOC(=O)CC1(n2cc(I)cn2)CNC1.Cl. The van der Waals surface area contributed by atoms with Gasteiger partial charge in [0.25, 0.3) is 0 Å². The van der Waals surface area contributed by atoms with E-state index in [4.69, 9.17) is 4.74 Å². The summed E-state index contributed by atoms with van der Waals surface area (Å²) in [5, 5.41) is 7.47. The van der Waals surface area contributed by atoms with Gasteiger partial charge in [-0.25, -0.2) is 0 Å². The Morgan fingerprint density at radius 2 is 2.41 bits per heavy atom. The smallest absolute Gasteiger partial charge is 0.308 e. The van der Waals surface area contributed by atoms with Crippen LogP contribution in [-0.2, 0) is 15.1 Å². The largest absolute Gasteiger partial charge is 0.466 e. The van der Waals surface area contributed by atoms with Crippen LogP contribution in [0.2, 0.25) is 0 Å². The second-order valence-electron chi connectivity index (χ2n) is 3.91. The highest BCUT2D eigenvalue weighted by molar-refractivity contribution is 14.1. The Labute approximate surface area is 120 Å². The molecule has 0 atom stereocenters. The van der Waals surface area contributed by atoms with Crippen LogP contribution in [-0.4, -0.2) is 35.4 Å². The van der Waals surface area contributed by atoms with Gasteiger partial charge in [0, 0.05) is 19.3 Å². The molecule has 0 bridgehead atoms. The van der Waals surface area contributed by atoms with Gasteiger partial charge < -0.3 is 10.1 Å². The molecule has 2 heterocycles. The maximum absolute atomic E-state index is 11.5. The molecule has 1 saturated heterocycles. The highest BCUT2D eigenvalue weighted by Gasteiger charge is 2.42. The summed E-state index contributed by atoms with van der Waals surface area (Å²) in [5.74, 6) is -0.158. The molecule has 1 aliphatic heterocycles. The third-order valence-electron chi connectivity index (χ3n) is 2.72. The van der Waals surface area contributed by atoms with Crippen LogP contribution < -0.4 is 5.32 Å². The molecule has 0 aromatic carbocycles. The summed E-state index contributed by atoms with van der Waals surface area (Å²) in [6.07, 6.45) is 4.14. The summed E-state index contributed by atoms with van der Waals surface area (Å²) < 4.78 is 7.95. The predicted molar refractivity (Wildman–Crippen MR) is 74.3 cm³/mol.